The molecule has 0 aromatic heterocycles. The molecule has 5 aliphatic heterocycles. The van der Waals surface area contributed by atoms with Gasteiger partial charge in [0.05, 0.1) is 44.4 Å². The van der Waals surface area contributed by atoms with E-state index >= 15 is 0 Å². The van der Waals surface area contributed by atoms with Crippen LogP contribution >= 0.6 is 0 Å². The Morgan fingerprint density at radius 3 is 1.55 bits per heavy atom. The topological polar surface area (TPSA) is 340 Å². The number of carboxylic acids is 2. The number of nitrogens with one attached hydrogen (secondary N) is 4. The number of hydrogen-bond donors (Lipinski definition) is 6. The van der Waals surface area contributed by atoms with E-state index in [4.69, 9.17) is 20.3 Å². The van der Waals surface area contributed by atoms with Crippen LogP contribution in [0.3, 0.4) is 0 Å². The van der Waals surface area contributed by atoms with Gasteiger partial charge in [-0.1, -0.05) is 0 Å². The van der Waals surface area contributed by atoms with E-state index < -0.39 is 41.7 Å². The van der Waals surface area contributed by atoms with Crippen LogP contribution in [-0.2, 0) is 52.5 Å². The summed E-state index contributed by atoms with van der Waals surface area (Å²) in [7, 11) is 4.07. The number of hydrogen-bond acceptors (Lipinski definition) is 19. The maximum absolute atomic E-state index is 11.8. The standard InChI is InChI=1S/C17H29N3O5.C11H19N3O3.C6H11NO2.C6H9NO2.C5H7NO2.Na/c1-17(2,3)25-16(23)20-13(15(22)24-4)8-5-6-10-19-14(21)12-9-7-11-18-12;12-8(11(16)17)4-1-2-6-14-10(15)9-5-3-7-13-9;2*1-9-6(8)5-3-2-4-7-5;7-5(8)4-2-1-3-6-4;/h13H,5-11H2,1-4H3,(H,19,21)(H,20,23);8H,1-7,12H2,(H,14,15)(H,16,17);5,7H,2-4H2,1H3;2-4H2,1H3;1-3H2,(H,7,8);/q;;;;;+1/p-1/t13-;8-;5-;;;/m000.../s1. The van der Waals surface area contributed by atoms with Gasteiger partial charge >= 0.3 is 59.5 Å². The number of amides is 3. The Bertz CT molecular complexity index is 1780. The maximum Gasteiger partial charge on any atom is 1.00 e. The Kier molecular flexibility index (Phi) is 34.5. The van der Waals surface area contributed by atoms with Crippen molar-refractivity contribution in [1.29, 1.82) is 0 Å². The second-order valence-corrected chi connectivity index (χ2v) is 16.8. The van der Waals surface area contributed by atoms with E-state index in [9.17, 15) is 43.5 Å². The smallest absolute Gasteiger partial charge is 0.544 e. The molecule has 0 bridgehead atoms. The predicted molar refractivity (Wildman–Crippen MR) is 251 cm³/mol. The Morgan fingerprint density at radius 1 is 0.710 bits per heavy atom. The fraction of sp³-hybridized carbons (Fsp3) is 0.733. The fourth-order valence-electron chi connectivity index (χ4n) is 6.54. The molecule has 5 aliphatic rings. The van der Waals surface area contributed by atoms with Crippen LogP contribution in [0.4, 0.5) is 4.79 Å². The van der Waals surface area contributed by atoms with Crippen LogP contribution in [0.5, 0.6) is 0 Å². The molecule has 0 saturated carbocycles. The molecule has 69 heavy (non-hydrogen) atoms. The number of nitrogens with two attached hydrogens (primary N) is 1. The average Bonchev–Trinajstić information content (AvgIpc) is 4.17. The molecule has 0 aromatic carbocycles. The van der Waals surface area contributed by atoms with Gasteiger partial charge in [-0.2, -0.15) is 0 Å². The Labute approximate surface area is 427 Å². The number of alkyl carbamates (subject to hydrolysis) is 1. The number of carbonyl (C=O) groups excluding carboxylic acids is 7. The van der Waals surface area contributed by atoms with Crippen LogP contribution in [-0.4, -0.2) is 167 Å². The van der Waals surface area contributed by atoms with Crippen molar-refractivity contribution in [3.05, 3.63) is 0 Å². The first kappa shape index (κ1) is 64.2. The Balaban J connectivity index is 0.000000902. The van der Waals surface area contributed by atoms with Gasteiger partial charge in [0.1, 0.15) is 29.4 Å². The van der Waals surface area contributed by atoms with Gasteiger partial charge in [-0.25, -0.2) is 14.4 Å². The van der Waals surface area contributed by atoms with Crippen molar-refractivity contribution >= 4 is 70.6 Å². The predicted octanol–water partition coefficient (Wildman–Crippen LogP) is -2.23. The summed E-state index contributed by atoms with van der Waals surface area (Å²) in [6.45, 7) is 10.1. The van der Waals surface area contributed by atoms with Crippen molar-refractivity contribution in [2.45, 2.75) is 147 Å². The summed E-state index contributed by atoms with van der Waals surface area (Å²) in [5, 5.41) is 29.7. The van der Waals surface area contributed by atoms with E-state index in [1.165, 1.54) is 21.3 Å². The number of methoxy groups -OCH3 is 3. The molecular weight excluding hydrogens is 914 g/mol. The average molecular weight is 988 g/mol. The summed E-state index contributed by atoms with van der Waals surface area (Å²) in [4.78, 5) is 105. The van der Waals surface area contributed by atoms with E-state index in [-0.39, 0.29) is 65.1 Å². The molecule has 1 saturated heterocycles. The molecule has 23 nitrogen and oxygen atoms in total. The van der Waals surface area contributed by atoms with Crippen molar-refractivity contribution in [2.24, 2.45) is 25.7 Å². The van der Waals surface area contributed by atoms with Crippen molar-refractivity contribution in [3.63, 3.8) is 0 Å². The molecule has 1 fully saturated rings. The minimum Gasteiger partial charge on any atom is -0.544 e. The van der Waals surface area contributed by atoms with Crippen LogP contribution in [0.2, 0.25) is 0 Å². The summed E-state index contributed by atoms with van der Waals surface area (Å²) >= 11 is 0. The van der Waals surface area contributed by atoms with Gasteiger partial charge in [0.25, 0.3) is 11.8 Å². The molecule has 0 unspecified atom stereocenters. The monoisotopic (exact) mass is 988 g/mol. The van der Waals surface area contributed by atoms with Crippen LogP contribution in [0.25, 0.3) is 0 Å². The number of carboxylic acid groups (broad SMARTS) is 2. The first-order valence-corrected chi connectivity index (χ1v) is 23.2. The normalized spacial score (nSPS) is 17.3. The quantitative estimate of drug-likeness (QED) is 0.0367. The van der Waals surface area contributed by atoms with Gasteiger partial charge in [0.2, 0.25) is 0 Å². The number of aliphatic carboxylic acids is 2. The van der Waals surface area contributed by atoms with E-state index in [1.807, 2.05) is 0 Å². The van der Waals surface area contributed by atoms with Crippen LogP contribution in [0.1, 0.15) is 124 Å². The number of esters is 3. The summed E-state index contributed by atoms with van der Waals surface area (Å²) in [6.07, 6.45) is 11.5. The minimum absolute atomic E-state index is 0. The Morgan fingerprint density at radius 2 is 1.19 bits per heavy atom. The third kappa shape index (κ3) is 29.7. The van der Waals surface area contributed by atoms with Gasteiger partial charge < -0.3 is 61.0 Å². The number of aliphatic imine (C=N–C) groups is 4. The van der Waals surface area contributed by atoms with E-state index in [0.29, 0.717) is 75.3 Å². The molecule has 0 spiro atoms. The SMILES string of the molecule is COC(=O)C1=NCCC1.COC(=O)[C@@H]1CCCN1.COC(=O)[C@H](CCCCNC(=O)C1=NCCC1)NC(=O)OC(C)(C)C.N[C@@H](CCCCNC(=O)C1=NCCC1)C(=O)O.O=C([O-])C1=NCCC1.[Na+]. The zero-order valence-corrected chi connectivity index (χ0v) is 43.6. The van der Waals surface area contributed by atoms with Crippen molar-refractivity contribution in [2.75, 3.05) is 67.1 Å². The number of nitrogens with zero attached hydrogens (tertiary/aromatic N) is 4. The molecule has 0 aliphatic carbocycles. The Hall–Kier alpha value is -4.84. The van der Waals surface area contributed by atoms with Gasteiger partial charge in [0, 0.05) is 39.3 Å². The molecule has 3 amide bonds. The molecule has 0 aromatic rings. The largest absolute Gasteiger partial charge is 1.00 e. The van der Waals surface area contributed by atoms with E-state index in [1.54, 1.807) is 20.8 Å². The van der Waals surface area contributed by atoms with Crippen LogP contribution in [0.15, 0.2) is 20.0 Å². The second kappa shape index (κ2) is 37.0. The van der Waals surface area contributed by atoms with Crippen molar-refractivity contribution in [1.82, 2.24) is 21.3 Å². The number of ether oxygens (including phenoxy) is 4. The summed E-state index contributed by atoms with van der Waals surface area (Å²) in [5.41, 5.74) is 6.77. The van der Waals surface area contributed by atoms with E-state index in [0.717, 1.165) is 90.4 Å². The molecular formula is C45H74N9NaO14. The molecule has 3 atom stereocenters. The second-order valence-electron chi connectivity index (χ2n) is 16.8. The number of rotatable bonds is 18. The third-order valence-electron chi connectivity index (χ3n) is 10.2. The first-order chi connectivity index (χ1) is 32.3. The minimum atomic E-state index is -1.11. The molecule has 0 radical (unpaired) electrons. The first-order valence-electron chi connectivity index (χ1n) is 23.2. The number of unbranched alkanes of at least 4 members (excludes halogenated alkanes) is 2. The van der Waals surface area contributed by atoms with Crippen molar-refractivity contribution < 1.29 is 97.1 Å². The van der Waals surface area contributed by atoms with Crippen LogP contribution in [0, 0.1) is 0 Å². The number of carbonyl (C=O) groups is 8. The summed E-state index contributed by atoms with van der Waals surface area (Å²) < 4.78 is 18.9. The van der Waals surface area contributed by atoms with E-state index in [2.05, 4.69) is 50.7 Å². The van der Waals surface area contributed by atoms with Crippen molar-refractivity contribution in [3.8, 4) is 0 Å². The zero-order chi connectivity index (χ0) is 50.9. The molecule has 7 N–H and O–H groups in total. The molecule has 5 heterocycles. The van der Waals surface area contributed by atoms with Gasteiger partial charge in [0.15, 0.2) is 0 Å². The van der Waals surface area contributed by atoms with Gasteiger partial charge in [-0.15, -0.1) is 0 Å². The zero-order valence-electron chi connectivity index (χ0n) is 41.6. The van der Waals surface area contributed by atoms with Gasteiger partial charge in [-0.3, -0.25) is 39.1 Å². The molecule has 384 valence electrons. The molecule has 24 heteroatoms. The van der Waals surface area contributed by atoms with Gasteiger partial charge in [-0.05, 0) is 130 Å². The molecule has 5 rings (SSSR count). The maximum atomic E-state index is 11.8. The summed E-state index contributed by atoms with van der Waals surface area (Å²) in [5.74, 6) is -3.22. The summed E-state index contributed by atoms with van der Waals surface area (Å²) in [6, 6.07) is -1.60. The third-order valence-corrected chi connectivity index (χ3v) is 10.2. The fourth-order valence-corrected chi connectivity index (χ4v) is 6.54. The van der Waals surface area contributed by atoms with Crippen LogP contribution < -0.4 is 61.7 Å².